The van der Waals surface area contributed by atoms with Crippen molar-refractivity contribution in [1.29, 1.82) is 0 Å². The number of rotatable bonds is 11. The molecule has 5 aromatic carbocycles. The molecule has 0 atom stereocenters. The molecule has 236 valence electrons. The smallest absolute Gasteiger partial charge is 0.318 e. The van der Waals surface area contributed by atoms with Crippen molar-refractivity contribution < 1.29 is 19.2 Å². The number of carbonyl (C=O) groups is 3. The Morgan fingerprint density at radius 1 is 0.723 bits per heavy atom. The lowest BCUT2D eigenvalue weighted by Gasteiger charge is -2.32. The summed E-state index contributed by atoms with van der Waals surface area (Å²) in [7, 11) is 0. The van der Waals surface area contributed by atoms with E-state index in [1.807, 2.05) is 97.9 Å². The summed E-state index contributed by atoms with van der Waals surface area (Å²) in [4.78, 5) is 44.8. The molecule has 0 saturated carbocycles. The van der Waals surface area contributed by atoms with E-state index in [1.165, 1.54) is 6.92 Å². The minimum Gasteiger partial charge on any atom is -0.318 e. The van der Waals surface area contributed by atoms with Gasteiger partial charge in [-0.15, -0.1) is 0 Å². The molecule has 0 saturated heterocycles. The zero-order valence-electron chi connectivity index (χ0n) is 27.4. The van der Waals surface area contributed by atoms with E-state index >= 15 is 0 Å². The fourth-order valence-corrected chi connectivity index (χ4v) is 7.33. The van der Waals surface area contributed by atoms with Crippen LogP contribution in [0, 0.1) is 6.92 Å². The molecule has 0 fully saturated rings. The lowest BCUT2D eigenvalue weighted by atomic mass is 9.71. The average Bonchev–Trinajstić information content (AvgIpc) is 3.34. The average molecular weight is 622 g/mol. The van der Waals surface area contributed by atoms with Crippen LogP contribution in [0.5, 0.6) is 0 Å². The second-order valence-electron chi connectivity index (χ2n) is 12.6. The standard InChI is InChI=1S/C42H39NO4/c1-5-21-42(22-6-2)37-25-31(40(45)36-16-10-14-30-13-7-8-15-33(30)36)17-19-34(37)35-20-18-32(26-38(35)42)41(46)39(43-47-28(4)44)24-29-12-9-11-27(3)23-29/h7-20,23,25-26H,5-6,21-22,24H2,1-4H3/b43-39+. The van der Waals surface area contributed by atoms with Gasteiger partial charge < -0.3 is 4.84 Å². The van der Waals surface area contributed by atoms with Crippen LogP contribution >= 0.6 is 0 Å². The highest BCUT2D eigenvalue weighted by Gasteiger charge is 2.42. The van der Waals surface area contributed by atoms with Crippen molar-refractivity contribution in [1.82, 2.24) is 0 Å². The molecule has 5 nitrogen and oxygen atoms in total. The van der Waals surface area contributed by atoms with Crippen LogP contribution in [0.25, 0.3) is 21.9 Å². The van der Waals surface area contributed by atoms with E-state index in [4.69, 9.17) is 4.84 Å². The van der Waals surface area contributed by atoms with Gasteiger partial charge in [-0.05, 0) is 70.5 Å². The molecule has 0 aromatic heterocycles. The van der Waals surface area contributed by atoms with Crippen molar-refractivity contribution in [2.75, 3.05) is 0 Å². The second kappa shape index (κ2) is 13.3. The van der Waals surface area contributed by atoms with Gasteiger partial charge in [0.1, 0.15) is 5.71 Å². The molecule has 6 rings (SSSR count). The molecule has 0 aliphatic heterocycles. The van der Waals surface area contributed by atoms with Gasteiger partial charge in [-0.3, -0.25) is 9.59 Å². The predicted octanol–water partition coefficient (Wildman–Crippen LogP) is 9.59. The van der Waals surface area contributed by atoms with Gasteiger partial charge >= 0.3 is 5.97 Å². The number of hydrogen-bond donors (Lipinski definition) is 0. The Morgan fingerprint density at radius 3 is 2.04 bits per heavy atom. The van der Waals surface area contributed by atoms with E-state index in [0.717, 1.165) is 69.8 Å². The SMILES string of the molecule is CCCC1(CCC)c2cc(C(=O)/C(Cc3cccc(C)c3)=N/OC(C)=O)ccc2-c2ccc(C(=O)c3cccc4ccccc34)cc21. The molecule has 5 heteroatoms. The normalized spacial score (nSPS) is 13.2. The first-order valence-electron chi connectivity index (χ1n) is 16.4. The van der Waals surface area contributed by atoms with Gasteiger partial charge in [0.2, 0.25) is 5.78 Å². The molecule has 0 bridgehead atoms. The van der Waals surface area contributed by atoms with Gasteiger partial charge in [0.15, 0.2) is 5.78 Å². The van der Waals surface area contributed by atoms with Crippen molar-refractivity contribution in [3.05, 3.63) is 142 Å². The molecule has 5 aromatic rings. The lowest BCUT2D eigenvalue weighted by Crippen LogP contribution is -2.26. The van der Waals surface area contributed by atoms with E-state index in [2.05, 4.69) is 31.1 Å². The zero-order chi connectivity index (χ0) is 33.1. The summed E-state index contributed by atoms with van der Waals surface area (Å²) in [5.41, 5.74) is 8.06. The highest BCUT2D eigenvalue weighted by molar-refractivity contribution is 6.46. The van der Waals surface area contributed by atoms with Gasteiger partial charge in [-0.1, -0.05) is 128 Å². The molecular weight excluding hydrogens is 582 g/mol. The van der Waals surface area contributed by atoms with Gasteiger partial charge in [0, 0.05) is 35.4 Å². The predicted molar refractivity (Wildman–Crippen MR) is 188 cm³/mol. The number of oxime groups is 1. The summed E-state index contributed by atoms with van der Waals surface area (Å²) in [6, 6.07) is 33.7. The Balaban J connectivity index is 1.43. The topological polar surface area (TPSA) is 72.8 Å². The maximum Gasteiger partial charge on any atom is 0.331 e. The van der Waals surface area contributed by atoms with Crippen molar-refractivity contribution in [2.24, 2.45) is 5.16 Å². The van der Waals surface area contributed by atoms with Crippen molar-refractivity contribution >= 4 is 34.0 Å². The Kier molecular flexibility index (Phi) is 8.99. The molecule has 0 radical (unpaired) electrons. The number of fused-ring (bicyclic) bond motifs is 4. The minimum atomic E-state index is -0.581. The highest BCUT2D eigenvalue weighted by atomic mass is 16.7. The van der Waals surface area contributed by atoms with E-state index in [9.17, 15) is 14.4 Å². The molecule has 0 N–H and O–H groups in total. The minimum absolute atomic E-state index is 0.000734. The monoisotopic (exact) mass is 621 g/mol. The van der Waals surface area contributed by atoms with Gasteiger partial charge in [0.25, 0.3) is 0 Å². The Bertz CT molecular complexity index is 2040. The first-order chi connectivity index (χ1) is 22.8. The maximum atomic E-state index is 14.1. The summed E-state index contributed by atoms with van der Waals surface area (Å²) in [5, 5.41) is 6.01. The number of ketones is 2. The zero-order valence-corrected chi connectivity index (χ0v) is 27.4. The number of benzene rings is 5. The molecule has 0 unspecified atom stereocenters. The molecule has 0 heterocycles. The fourth-order valence-electron chi connectivity index (χ4n) is 7.33. The van der Waals surface area contributed by atoms with Crippen molar-refractivity contribution in [3.8, 4) is 11.1 Å². The summed E-state index contributed by atoms with van der Waals surface area (Å²) in [5.74, 6) is -0.858. The quantitative estimate of drug-likeness (QED) is 0.0637. The van der Waals surface area contributed by atoms with Crippen molar-refractivity contribution in [3.63, 3.8) is 0 Å². The molecule has 47 heavy (non-hydrogen) atoms. The van der Waals surface area contributed by atoms with Gasteiger partial charge in [-0.25, -0.2) is 4.79 Å². The molecule has 1 aliphatic carbocycles. The summed E-state index contributed by atoms with van der Waals surface area (Å²) in [6.07, 6.45) is 3.86. The number of hydrogen-bond acceptors (Lipinski definition) is 5. The largest absolute Gasteiger partial charge is 0.331 e. The number of Topliss-reactive ketones (excluding diaryl/α,β-unsaturated/α-hetero) is 1. The first-order valence-corrected chi connectivity index (χ1v) is 16.4. The fraction of sp³-hybridized carbons (Fsp3) is 0.238. The van der Waals surface area contributed by atoms with Crippen LogP contribution in [-0.4, -0.2) is 23.2 Å². The van der Waals surface area contributed by atoms with E-state index in [0.29, 0.717) is 16.7 Å². The van der Waals surface area contributed by atoms with Gasteiger partial charge in [-0.2, -0.15) is 0 Å². The highest BCUT2D eigenvalue weighted by Crippen LogP contribution is 2.54. The number of nitrogens with zero attached hydrogens (tertiary/aromatic N) is 1. The van der Waals surface area contributed by atoms with E-state index < -0.39 is 5.97 Å². The Labute approximate surface area is 276 Å². The first kappa shape index (κ1) is 31.8. The third-order valence-corrected chi connectivity index (χ3v) is 9.27. The van der Waals surface area contributed by atoms with Crippen LogP contribution in [0.15, 0.2) is 108 Å². The summed E-state index contributed by atoms with van der Waals surface area (Å²) in [6.45, 7) is 7.63. The Hall–Kier alpha value is -5.16. The molecule has 1 aliphatic rings. The summed E-state index contributed by atoms with van der Waals surface area (Å²) < 4.78 is 0. The lowest BCUT2D eigenvalue weighted by molar-refractivity contribution is -0.140. The maximum absolute atomic E-state index is 14.1. The Morgan fingerprint density at radius 2 is 1.36 bits per heavy atom. The third-order valence-electron chi connectivity index (χ3n) is 9.27. The van der Waals surface area contributed by atoms with Crippen molar-refractivity contribution in [2.45, 2.75) is 65.2 Å². The molecule has 0 spiro atoms. The van der Waals surface area contributed by atoms with Crippen LogP contribution in [0.3, 0.4) is 0 Å². The second-order valence-corrected chi connectivity index (χ2v) is 12.6. The third kappa shape index (κ3) is 6.06. The summed E-state index contributed by atoms with van der Waals surface area (Å²) >= 11 is 0. The van der Waals surface area contributed by atoms with Crippen LogP contribution in [-0.2, 0) is 21.5 Å². The van der Waals surface area contributed by atoms with Crippen LogP contribution < -0.4 is 0 Å². The number of carbonyl (C=O) groups excluding carboxylic acids is 3. The van der Waals surface area contributed by atoms with Gasteiger partial charge in [0.05, 0.1) is 0 Å². The number of aryl methyl sites for hydroxylation is 1. The van der Waals surface area contributed by atoms with Crippen LogP contribution in [0.4, 0.5) is 0 Å². The van der Waals surface area contributed by atoms with Crippen LogP contribution in [0.2, 0.25) is 0 Å². The van der Waals surface area contributed by atoms with Crippen LogP contribution in [0.1, 0.15) is 95.0 Å². The molecule has 0 amide bonds. The van der Waals surface area contributed by atoms with E-state index in [1.54, 1.807) is 0 Å². The molecular formula is C42H39NO4. The van der Waals surface area contributed by atoms with E-state index in [-0.39, 0.29) is 29.1 Å².